The van der Waals surface area contributed by atoms with Crippen LogP contribution in [0, 0.1) is 0 Å². The number of carbonyl (C=O) groups excluding carboxylic acids is 4. The third-order valence-electron chi connectivity index (χ3n) is 8.58. The molecule has 0 aromatic rings. The Morgan fingerprint density at radius 3 is 0.754 bits per heavy atom. The van der Waals surface area contributed by atoms with Gasteiger partial charge < -0.3 is 19.7 Å². The highest BCUT2D eigenvalue weighted by Gasteiger charge is 2.49. The first-order valence-corrected chi connectivity index (χ1v) is 21.6. The summed E-state index contributed by atoms with van der Waals surface area (Å²) in [6.07, 6.45) is 17.9. The van der Waals surface area contributed by atoms with Gasteiger partial charge in [-0.25, -0.2) is 14.4 Å². The number of carbonyl (C=O) groups is 6. The van der Waals surface area contributed by atoms with Crippen LogP contribution in [-0.2, 0) is 38.2 Å². The standard InChI is InChI=1S/C24H46O3.C12H24O2.C4F6O3.C2HF3O2/c1-3-5-7-9-11-13-15-17-19-21-23(25)27-24(26)22-20-18-16-14-12-10-8-6-4-2;1-2-3-4-5-6-7-8-9-10-11-12(13)14;5-3(6,7)1(11)13-2(12)4(8,9)10;3-2(4,5)1(6)7/h3-22H2,1-2H3;2-11H2,1H3,(H,13,14);;(H,6,7). The van der Waals surface area contributed by atoms with Crippen molar-refractivity contribution in [2.24, 2.45) is 0 Å². The lowest BCUT2D eigenvalue weighted by Crippen LogP contribution is -2.34. The Kier molecular flexibility index (Phi) is 44.1. The summed E-state index contributed by atoms with van der Waals surface area (Å²) in [5.41, 5.74) is 0. The Balaban J connectivity index is -0.000000400. The van der Waals surface area contributed by atoms with Gasteiger partial charge in [0.2, 0.25) is 0 Å². The van der Waals surface area contributed by atoms with E-state index in [4.69, 9.17) is 19.7 Å². The first-order valence-electron chi connectivity index (χ1n) is 21.6. The maximum atomic E-state index is 11.7. The monoisotopic (exact) mass is 906 g/mol. The molecule has 362 valence electrons. The van der Waals surface area contributed by atoms with Crippen LogP contribution < -0.4 is 0 Å². The molecule has 0 amide bonds. The normalized spacial score (nSPS) is 11.1. The zero-order chi connectivity index (χ0) is 47.6. The van der Waals surface area contributed by atoms with E-state index in [0.717, 1.165) is 38.5 Å². The topological polar surface area (TPSA) is 161 Å². The molecule has 0 unspecified atom stereocenters. The molecule has 0 spiro atoms. The lowest BCUT2D eigenvalue weighted by atomic mass is 10.1. The average molecular weight is 907 g/mol. The van der Waals surface area contributed by atoms with Gasteiger partial charge in [0, 0.05) is 19.3 Å². The van der Waals surface area contributed by atoms with E-state index in [2.05, 4.69) is 25.5 Å². The minimum atomic E-state index is -5.62. The molecule has 0 fully saturated rings. The number of aliphatic carboxylic acids is 2. The lowest BCUT2D eigenvalue weighted by Gasteiger charge is -2.06. The summed E-state index contributed by atoms with van der Waals surface area (Å²) in [4.78, 5) is 61.8. The minimum absolute atomic E-state index is 0.334. The van der Waals surface area contributed by atoms with Crippen LogP contribution in [0.1, 0.15) is 213 Å². The summed E-state index contributed by atoms with van der Waals surface area (Å²) in [7, 11) is 0. The molecule has 0 saturated heterocycles. The van der Waals surface area contributed by atoms with Crippen molar-refractivity contribution in [3.63, 3.8) is 0 Å². The smallest absolute Gasteiger partial charge is 0.481 e. The van der Waals surface area contributed by atoms with Crippen LogP contribution in [0.5, 0.6) is 0 Å². The molecule has 0 radical (unpaired) electrons. The third-order valence-corrected chi connectivity index (χ3v) is 8.58. The second kappa shape index (κ2) is 41.9. The fourth-order valence-corrected chi connectivity index (χ4v) is 5.18. The Hall–Kier alpha value is -3.41. The van der Waals surface area contributed by atoms with Crippen molar-refractivity contribution < 1.29 is 88.0 Å². The van der Waals surface area contributed by atoms with Crippen molar-refractivity contribution >= 4 is 35.8 Å². The van der Waals surface area contributed by atoms with Gasteiger partial charge in [-0.15, -0.1) is 0 Å². The van der Waals surface area contributed by atoms with Crippen LogP contribution in [0.2, 0.25) is 0 Å². The van der Waals surface area contributed by atoms with Crippen LogP contribution in [0.3, 0.4) is 0 Å². The molecule has 19 heteroatoms. The van der Waals surface area contributed by atoms with Gasteiger partial charge in [-0.2, -0.15) is 39.5 Å². The molecule has 0 aromatic heterocycles. The van der Waals surface area contributed by atoms with E-state index < -0.39 is 42.4 Å². The van der Waals surface area contributed by atoms with Gasteiger partial charge in [0.15, 0.2) is 0 Å². The maximum absolute atomic E-state index is 11.7. The van der Waals surface area contributed by atoms with Gasteiger partial charge in [0.05, 0.1) is 0 Å². The van der Waals surface area contributed by atoms with Crippen molar-refractivity contribution in [1.82, 2.24) is 0 Å². The summed E-state index contributed by atoms with van der Waals surface area (Å²) in [6.45, 7) is 6.70. The van der Waals surface area contributed by atoms with E-state index >= 15 is 0 Å². The molecule has 2 N–H and O–H groups in total. The number of hydrogen-bond acceptors (Lipinski definition) is 8. The van der Waals surface area contributed by atoms with E-state index in [1.54, 1.807) is 0 Å². The van der Waals surface area contributed by atoms with E-state index in [9.17, 15) is 63.5 Å². The number of ether oxygens (including phenoxy) is 2. The van der Waals surface area contributed by atoms with Crippen molar-refractivity contribution in [3.05, 3.63) is 0 Å². The Morgan fingerprint density at radius 1 is 0.344 bits per heavy atom. The van der Waals surface area contributed by atoms with Crippen LogP contribution >= 0.6 is 0 Å². The zero-order valence-corrected chi connectivity index (χ0v) is 36.3. The summed E-state index contributed by atoms with van der Waals surface area (Å²) >= 11 is 0. The van der Waals surface area contributed by atoms with E-state index in [-0.39, 0.29) is 11.9 Å². The molecule has 10 nitrogen and oxygen atoms in total. The molecule has 0 heterocycles. The molecule has 0 bridgehead atoms. The van der Waals surface area contributed by atoms with E-state index in [0.29, 0.717) is 19.3 Å². The fourth-order valence-electron chi connectivity index (χ4n) is 5.18. The number of unbranched alkanes of at least 4 members (excludes halogenated alkanes) is 24. The summed E-state index contributed by atoms with van der Waals surface area (Å²) in [5.74, 6) is -10.5. The molecule has 0 saturated carbocycles. The number of rotatable bonds is 30. The second-order valence-electron chi connectivity index (χ2n) is 14.5. The molecule has 0 aliphatic heterocycles. The molecule has 0 rings (SSSR count). The molecular formula is C42H71F9O10. The molecule has 61 heavy (non-hydrogen) atoms. The molecule has 0 aliphatic rings. The van der Waals surface area contributed by atoms with Crippen molar-refractivity contribution in [2.75, 3.05) is 0 Å². The van der Waals surface area contributed by atoms with Gasteiger partial charge in [0.25, 0.3) is 0 Å². The van der Waals surface area contributed by atoms with Gasteiger partial charge >= 0.3 is 54.3 Å². The lowest BCUT2D eigenvalue weighted by molar-refractivity contribution is -0.221. The number of esters is 4. The number of carboxylic acids is 2. The van der Waals surface area contributed by atoms with Gasteiger partial charge in [-0.3, -0.25) is 14.4 Å². The highest BCUT2D eigenvalue weighted by Crippen LogP contribution is 2.22. The predicted molar refractivity (Wildman–Crippen MR) is 211 cm³/mol. The first kappa shape index (κ1) is 64.2. The highest BCUT2D eigenvalue weighted by atomic mass is 19.4. The second-order valence-corrected chi connectivity index (χ2v) is 14.5. The Labute approximate surface area is 355 Å². The highest BCUT2D eigenvalue weighted by molar-refractivity contribution is 5.90. The minimum Gasteiger partial charge on any atom is -0.481 e. The van der Waals surface area contributed by atoms with Crippen molar-refractivity contribution in [2.45, 2.75) is 232 Å². The van der Waals surface area contributed by atoms with E-state index in [1.807, 2.05) is 0 Å². The van der Waals surface area contributed by atoms with E-state index in [1.165, 1.54) is 135 Å². The first-order chi connectivity index (χ1) is 28.5. The molecule has 0 atom stereocenters. The SMILES string of the molecule is CCCCCCCCCCCC(=O)O.CCCCCCCCCCCC(=O)OC(=O)CCCCCCCCCCC.O=C(O)C(F)(F)F.O=C(OC(=O)C(F)(F)F)C(F)(F)F. The van der Waals surface area contributed by atoms with Crippen LogP contribution in [0.25, 0.3) is 0 Å². The largest absolute Gasteiger partial charge is 0.491 e. The molecule has 0 aromatic carbocycles. The predicted octanol–water partition coefficient (Wildman–Crippen LogP) is 13.7. The molecule has 0 aliphatic carbocycles. The van der Waals surface area contributed by atoms with Crippen LogP contribution in [0.15, 0.2) is 0 Å². The molecular weight excluding hydrogens is 835 g/mol. The van der Waals surface area contributed by atoms with Crippen LogP contribution in [-0.4, -0.2) is 64.6 Å². The zero-order valence-electron chi connectivity index (χ0n) is 36.3. The Bertz CT molecular complexity index is 1070. The quantitative estimate of drug-likeness (QED) is 0.0307. The van der Waals surface area contributed by atoms with Gasteiger partial charge in [-0.05, 0) is 19.3 Å². The number of hydrogen-bond donors (Lipinski definition) is 2. The third kappa shape index (κ3) is 54.6. The number of alkyl halides is 9. The van der Waals surface area contributed by atoms with Gasteiger partial charge in [0.1, 0.15) is 0 Å². The summed E-state index contributed by atoms with van der Waals surface area (Å²) < 4.78 is 106. The summed E-state index contributed by atoms with van der Waals surface area (Å²) in [5, 5.41) is 15.5. The van der Waals surface area contributed by atoms with Crippen LogP contribution in [0.4, 0.5) is 39.5 Å². The summed E-state index contributed by atoms with van der Waals surface area (Å²) in [6, 6.07) is 0. The Morgan fingerprint density at radius 2 is 0.557 bits per heavy atom. The number of carboxylic acid groups (broad SMARTS) is 2. The average Bonchev–Trinajstić information content (AvgIpc) is 3.15. The van der Waals surface area contributed by atoms with Crippen molar-refractivity contribution in [3.8, 4) is 0 Å². The number of halogens is 9. The van der Waals surface area contributed by atoms with Gasteiger partial charge in [-0.1, -0.05) is 175 Å². The van der Waals surface area contributed by atoms with Crippen molar-refractivity contribution in [1.29, 1.82) is 0 Å². The fraction of sp³-hybridized carbons (Fsp3) is 0.857. The maximum Gasteiger partial charge on any atom is 0.491 e.